The van der Waals surface area contributed by atoms with E-state index in [2.05, 4.69) is 9.97 Å². The highest BCUT2D eigenvalue weighted by atomic mass is 32.1. The largest absolute Gasteiger partial charge is 0.339 e. The molecule has 24 heavy (non-hydrogen) atoms. The fourth-order valence-corrected chi connectivity index (χ4v) is 3.75. The van der Waals surface area contributed by atoms with Crippen LogP contribution in [0.3, 0.4) is 0 Å². The molecule has 3 heterocycles. The molecule has 1 fully saturated rings. The first-order valence-electron chi connectivity index (χ1n) is 7.94. The first-order chi connectivity index (χ1) is 11.5. The van der Waals surface area contributed by atoms with Crippen LogP contribution in [-0.2, 0) is 11.2 Å². The number of rotatable bonds is 3. The number of pyridine rings is 1. The molecule has 2 amide bonds. The van der Waals surface area contributed by atoms with E-state index in [0.29, 0.717) is 38.2 Å². The van der Waals surface area contributed by atoms with Crippen LogP contribution in [0, 0.1) is 13.8 Å². The average molecular weight is 344 g/mol. The predicted molar refractivity (Wildman–Crippen MR) is 92.0 cm³/mol. The number of thiazole rings is 1. The number of hydrogen-bond donors (Lipinski definition) is 0. The van der Waals surface area contributed by atoms with Crippen molar-refractivity contribution in [2.45, 2.75) is 20.3 Å². The lowest BCUT2D eigenvalue weighted by molar-refractivity contribution is -0.131. The Morgan fingerprint density at radius 1 is 1.17 bits per heavy atom. The maximum atomic E-state index is 12.5. The molecule has 0 aromatic carbocycles. The Morgan fingerprint density at radius 3 is 2.46 bits per heavy atom. The number of aryl methyl sites for hydroxylation is 2. The molecule has 0 atom stereocenters. The van der Waals surface area contributed by atoms with Gasteiger partial charge in [-0.25, -0.2) is 4.98 Å². The highest BCUT2D eigenvalue weighted by Crippen LogP contribution is 2.19. The number of carbonyl (C=O) groups excluding carboxylic acids is 2. The fourth-order valence-electron chi connectivity index (χ4n) is 2.82. The van der Waals surface area contributed by atoms with Crippen molar-refractivity contribution in [3.63, 3.8) is 0 Å². The highest BCUT2D eigenvalue weighted by Gasteiger charge is 2.25. The van der Waals surface area contributed by atoms with Crippen molar-refractivity contribution in [2.75, 3.05) is 26.2 Å². The summed E-state index contributed by atoms with van der Waals surface area (Å²) < 4.78 is 0. The summed E-state index contributed by atoms with van der Waals surface area (Å²) in [5, 5.41) is 0.988. The zero-order chi connectivity index (χ0) is 17.1. The Labute approximate surface area is 145 Å². The lowest BCUT2D eigenvalue weighted by Gasteiger charge is -2.34. The van der Waals surface area contributed by atoms with Crippen molar-refractivity contribution < 1.29 is 9.59 Å². The van der Waals surface area contributed by atoms with Crippen LogP contribution in [0.25, 0.3) is 0 Å². The maximum Gasteiger partial charge on any atom is 0.255 e. The standard InChI is InChI=1S/C17H20N4O2S/c1-12-15(24-13(2)19-12)10-16(22)20-6-8-21(9-7-20)17(23)14-4-3-5-18-11-14/h3-5,11H,6-10H2,1-2H3. The van der Waals surface area contributed by atoms with Crippen LogP contribution in [0.1, 0.15) is 25.9 Å². The van der Waals surface area contributed by atoms with Gasteiger partial charge in [0.2, 0.25) is 5.91 Å². The van der Waals surface area contributed by atoms with Gasteiger partial charge < -0.3 is 9.80 Å². The maximum absolute atomic E-state index is 12.5. The molecule has 1 aliphatic heterocycles. The van der Waals surface area contributed by atoms with Gasteiger partial charge in [0.25, 0.3) is 5.91 Å². The second-order valence-electron chi connectivity index (χ2n) is 5.83. The third-order valence-electron chi connectivity index (χ3n) is 4.14. The zero-order valence-corrected chi connectivity index (χ0v) is 14.7. The van der Waals surface area contributed by atoms with Gasteiger partial charge in [-0.1, -0.05) is 0 Å². The summed E-state index contributed by atoms with van der Waals surface area (Å²) >= 11 is 1.58. The van der Waals surface area contributed by atoms with E-state index in [1.165, 1.54) is 0 Å². The minimum Gasteiger partial charge on any atom is -0.339 e. The molecule has 0 aliphatic carbocycles. The quantitative estimate of drug-likeness (QED) is 0.850. The van der Waals surface area contributed by atoms with E-state index in [0.717, 1.165) is 15.6 Å². The fraction of sp³-hybridized carbons (Fsp3) is 0.412. The molecule has 6 nitrogen and oxygen atoms in total. The van der Waals surface area contributed by atoms with Crippen molar-refractivity contribution in [2.24, 2.45) is 0 Å². The minimum atomic E-state index is -0.0240. The van der Waals surface area contributed by atoms with E-state index < -0.39 is 0 Å². The second-order valence-corrected chi connectivity index (χ2v) is 7.12. The van der Waals surface area contributed by atoms with Crippen molar-refractivity contribution in [3.05, 3.63) is 45.7 Å². The molecule has 1 aliphatic rings. The van der Waals surface area contributed by atoms with E-state index >= 15 is 0 Å². The molecule has 2 aromatic rings. The van der Waals surface area contributed by atoms with Crippen molar-refractivity contribution in [1.29, 1.82) is 0 Å². The van der Waals surface area contributed by atoms with Crippen LogP contribution in [0.15, 0.2) is 24.5 Å². The Morgan fingerprint density at radius 2 is 1.88 bits per heavy atom. The molecule has 0 bridgehead atoms. The van der Waals surface area contributed by atoms with Gasteiger partial charge in [-0.3, -0.25) is 14.6 Å². The van der Waals surface area contributed by atoms with Gasteiger partial charge in [-0.15, -0.1) is 11.3 Å². The van der Waals surface area contributed by atoms with Crippen molar-refractivity contribution in [3.8, 4) is 0 Å². The molecule has 7 heteroatoms. The molecule has 126 valence electrons. The van der Waals surface area contributed by atoms with Crippen LogP contribution >= 0.6 is 11.3 Å². The van der Waals surface area contributed by atoms with Crippen LogP contribution in [-0.4, -0.2) is 57.8 Å². The van der Waals surface area contributed by atoms with E-state index in [-0.39, 0.29) is 11.8 Å². The van der Waals surface area contributed by atoms with Gasteiger partial charge in [0.1, 0.15) is 0 Å². The Kier molecular flexibility index (Phi) is 4.89. The SMILES string of the molecule is Cc1nc(C)c(CC(=O)N2CCN(C(=O)c3cccnc3)CC2)s1. The molecule has 0 saturated carbocycles. The molecule has 3 rings (SSSR count). The van der Waals surface area contributed by atoms with Crippen molar-refractivity contribution in [1.82, 2.24) is 19.8 Å². The summed E-state index contributed by atoms with van der Waals surface area (Å²) in [6, 6.07) is 3.52. The minimum absolute atomic E-state index is 0.0240. The number of nitrogens with zero attached hydrogens (tertiary/aromatic N) is 4. The van der Waals surface area contributed by atoms with E-state index in [1.54, 1.807) is 40.8 Å². The first-order valence-corrected chi connectivity index (χ1v) is 8.76. The third kappa shape index (κ3) is 3.62. The van der Waals surface area contributed by atoms with Gasteiger partial charge in [0.15, 0.2) is 0 Å². The van der Waals surface area contributed by atoms with E-state index in [9.17, 15) is 9.59 Å². The summed E-state index contributed by atoms with van der Waals surface area (Å²) in [4.78, 5) is 37.9. The number of piperazine rings is 1. The molecular formula is C17H20N4O2S. The zero-order valence-electron chi connectivity index (χ0n) is 13.9. The smallest absolute Gasteiger partial charge is 0.255 e. The number of aromatic nitrogens is 2. The highest BCUT2D eigenvalue weighted by molar-refractivity contribution is 7.11. The molecule has 0 spiro atoms. The van der Waals surface area contributed by atoms with Gasteiger partial charge in [0.05, 0.1) is 22.7 Å². The molecule has 1 saturated heterocycles. The Balaban J connectivity index is 1.56. The van der Waals surface area contributed by atoms with Gasteiger partial charge in [-0.2, -0.15) is 0 Å². The Hall–Kier alpha value is -2.28. The summed E-state index contributed by atoms with van der Waals surface area (Å²) in [7, 11) is 0. The summed E-state index contributed by atoms with van der Waals surface area (Å²) in [6.45, 7) is 6.15. The first kappa shape index (κ1) is 16.6. The van der Waals surface area contributed by atoms with Crippen molar-refractivity contribution >= 4 is 23.2 Å². The second kappa shape index (κ2) is 7.09. The summed E-state index contributed by atoms with van der Waals surface area (Å²) in [5.41, 5.74) is 1.53. The van der Waals surface area contributed by atoms with Crippen LogP contribution in [0.5, 0.6) is 0 Å². The predicted octanol–water partition coefficient (Wildman–Crippen LogP) is 1.68. The average Bonchev–Trinajstić information content (AvgIpc) is 2.92. The van der Waals surface area contributed by atoms with Crippen LogP contribution < -0.4 is 0 Å². The molecule has 0 unspecified atom stereocenters. The van der Waals surface area contributed by atoms with E-state index in [1.807, 2.05) is 18.7 Å². The molecule has 0 N–H and O–H groups in total. The summed E-state index contributed by atoms with van der Waals surface area (Å²) in [6.07, 6.45) is 3.62. The van der Waals surface area contributed by atoms with Gasteiger partial charge in [0, 0.05) is 43.4 Å². The number of carbonyl (C=O) groups is 2. The monoisotopic (exact) mass is 344 g/mol. The van der Waals surface area contributed by atoms with Crippen LogP contribution in [0.4, 0.5) is 0 Å². The Bertz CT molecular complexity index is 736. The summed E-state index contributed by atoms with van der Waals surface area (Å²) in [5.74, 6) is 0.0827. The lowest BCUT2D eigenvalue weighted by atomic mass is 10.2. The molecular weight excluding hydrogens is 324 g/mol. The lowest BCUT2D eigenvalue weighted by Crippen LogP contribution is -2.51. The normalized spacial score (nSPS) is 14.8. The van der Waals surface area contributed by atoms with E-state index in [4.69, 9.17) is 0 Å². The third-order valence-corrected chi connectivity index (χ3v) is 5.21. The van der Waals surface area contributed by atoms with Crippen LogP contribution in [0.2, 0.25) is 0 Å². The topological polar surface area (TPSA) is 66.4 Å². The van der Waals surface area contributed by atoms with Gasteiger partial charge >= 0.3 is 0 Å². The molecule has 2 aromatic heterocycles. The van der Waals surface area contributed by atoms with Gasteiger partial charge in [-0.05, 0) is 26.0 Å². The number of hydrogen-bond acceptors (Lipinski definition) is 5. The number of amides is 2. The molecule has 0 radical (unpaired) electrons.